The van der Waals surface area contributed by atoms with Crippen LogP contribution in [0.2, 0.25) is 0 Å². The Hall–Kier alpha value is -0.414. The van der Waals surface area contributed by atoms with Crippen LogP contribution >= 0.6 is 0 Å². The summed E-state index contributed by atoms with van der Waals surface area (Å²) in [5, 5.41) is 11.8. The van der Waals surface area contributed by atoms with Crippen molar-refractivity contribution in [3.05, 3.63) is 48.0 Å². The van der Waals surface area contributed by atoms with Gasteiger partial charge in [0.1, 0.15) is 16.4 Å². The first-order valence-electron chi connectivity index (χ1n) is 10.5. The van der Waals surface area contributed by atoms with E-state index in [2.05, 4.69) is 6.92 Å². The Labute approximate surface area is 223 Å². The van der Waals surface area contributed by atoms with Crippen molar-refractivity contribution in [2.75, 3.05) is 0 Å². The van der Waals surface area contributed by atoms with E-state index in [4.69, 9.17) is 4.74 Å². The van der Waals surface area contributed by atoms with Gasteiger partial charge >= 0.3 is 51.4 Å². The summed E-state index contributed by atoms with van der Waals surface area (Å²) in [6.45, 7) is 2.21. The molecule has 0 aliphatic heterocycles. The molecule has 5 nitrogen and oxygen atoms in total. The van der Waals surface area contributed by atoms with Crippen molar-refractivity contribution < 1.29 is 74.2 Å². The SMILES string of the molecule is CCCCCCCCCCCc1ccc(Oc2ccccc2[O-])cc1S(=O)(=O)O.[K+]. The van der Waals surface area contributed by atoms with Crippen molar-refractivity contribution in [2.45, 2.75) is 76.0 Å². The molecule has 0 heterocycles. The number of ether oxygens (including phenoxy) is 1. The summed E-state index contributed by atoms with van der Waals surface area (Å²) in [5.41, 5.74) is 0.568. The van der Waals surface area contributed by atoms with E-state index in [-0.39, 0.29) is 73.5 Å². The normalized spacial score (nSPS) is 11.1. The van der Waals surface area contributed by atoms with E-state index in [1.54, 1.807) is 24.3 Å². The van der Waals surface area contributed by atoms with E-state index < -0.39 is 10.1 Å². The Kier molecular flexibility index (Phi) is 13.5. The molecule has 2 aromatic carbocycles. The van der Waals surface area contributed by atoms with Crippen LogP contribution in [-0.4, -0.2) is 13.0 Å². The molecule has 0 bridgehead atoms. The van der Waals surface area contributed by atoms with E-state index in [1.165, 1.54) is 56.7 Å². The number of aryl methyl sites for hydroxylation is 1. The van der Waals surface area contributed by atoms with Crippen molar-refractivity contribution >= 4 is 10.1 Å². The molecular formula is C23H31KO5S. The van der Waals surface area contributed by atoms with Crippen LogP contribution in [0.5, 0.6) is 17.2 Å². The minimum absolute atomic E-state index is 0. The largest absolute Gasteiger partial charge is 1.00 e. The van der Waals surface area contributed by atoms with Crippen molar-refractivity contribution in [3.63, 3.8) is 0 Å². The minimum Gasteiger partial charge on any atom is -0.870 e. The Morgan fingerprint density at radius 1 is 0.900 bits per heavy atom. The van der Waals surface area contributed by atoms with Crippen LogP contribution in [0.1, 0.15) is 70.3 Å². The van der Waals surface area contributed by atoms with Gasteiger partial charge in [0.15, 0.2) is 0 Å². The monoisotopic (exact) mass is 458 g/mol. The molecule has 0 saturated carbocycles. The summed E-state index contributed by atoms with van der Waals surface area (Å²) < 4.78 is 38.8. The predicted octanol–water partition coefficient (Wildman–Crippen LogP) is 2.88. The fourth-order valence-electron chi connectivity index (χ4n) is 3.33. The van der Waals surface area contributed by atoms with E-state index in [0.717, 1.165) is 19.3 Å². The second-order valence-corrected chi connectivity index (χ2v) is 8.76. The Morgan fingerprint density at radius 3 is 2.10 bits per heavy atom. The zero-order valence-electron chi connectivity index (χ0n) is 18.1. The summed E-state index contributed by atoms with van der Waals surface area (Å²) in [5.74, 6) is 0.0249. The van der Waals surface area contributed by atoms with Crippen molar-refractivity contribution in [1.29, 1.82) is 0 Å². The van der Waals surface area contributed by atoms with Gasteiger partial charge in [-0.15, -0.1) is 0 Å². The first-order chi connectivity index (χ1) is 13.9. The molecule has 0 radical (unpaired) electrons. The third-order valence-corrected chi connectivity index (χ3v) is 5.88. The molecule has 160 valence electrons. The van der Waals surface area contributed by atoms with Crippen LogP contribution in [0.25, 0.3) is 0 Å². The van der Waals surface area contributed by atoms with Crippen molar-refractivity contribution in [2.24, 2.45) is 0 Å². The van der Waals surface area contributed by atoms with Gasteiger partial charge in [-0.25, -0.2) is 0 Å². The predicted molar refractivity (Wildman–Crippen MR) is 113 cm³/mol. The molecule has 0 amide bonds. The van der Waals surface area contributed by atoms with Crippen LogP contribution in [0.15, 0.2) is 47.4 Å². The number of benzene rings is 2. The molecule has 0 aromatic heterocycles. The molecule has 0 spiro atoms. The molecule has 2 rings (SSSR count). The quantitative estimate of drug-likeness (QED) is 0.283. The second kappa shape index (κ2) is 14.6. The average molecular weight is 459 g/mol. The van der Waals surface area contributed by atoms with E-state index in [1.807, 2.05) is 0 Å². The van der Waals surface area contributed by atoms with Gasteiger partial charge in [0.25, 0.3) is 10.1 Å². The van der Waals surface area contributed by atoms with E-state index in [0.29, 0.717) is 12.0 Å². The van der Waals surface area contributed by atoms with Gasteiger partial charge in [-0.05, 0) is 30.5 Å². The summed E-state index contributed by atoms with van der Waals surface area (Å²) >= 11 is 0. The van der Waals surface area contributed by atoms with E-state index >= 15 is 0 Å². The zero-order valence-corrected chi connectivity index (χ0v) is 22.0. The van der Waals surface area contributed by atoms with Gasteiger partial charge < -0.3 is 9.84 Å². The topological polar surface area (TPSA) is 86.7 Å². The summed E-state index contributed by atoms with van der Waals surface area (Å²) in [6, 6.07) is 10.7. The molecule has 1 N–H and O–H groups in total. The van der Waals surface area contributed by atoms with E-state index in [9.17, 15) is 18.1 Å². The summed E-state index contributed by atoms with van der Waals surface area (Å²) in [7, 11) is -4.38. The summed E-state index contributed by atoms with van der Waals surface area (Å²) in [6.07, 6.45) is 11.2. The molecule has 0 atom stereocenters. The van der Waals surface area contributed by atoms with Crippen LogP contribution < -0.4 is 61.2 Å². The van der Waals surface area contributed by atoms with Crippen LogP contribution in [0.3, 0.4) is 0 Å². The van der Waals surface area contributed by atoms with Crippen LogP contribution in [0, 0.1) is 0 Å². The van der Waals surface area contributed by atoms with Gasteiger partial charge in [-0.2, -0.15) is 8.42 Å². The van der Waals surface area contributed by atoms with Crippen LogP contribution in [0.4, 0.5) is 0 Å². The number of rotatable bonds is 13. The molecule has 2 aromatic rings. The number of hydrogen-bond donors (Lipinski definition) is 1. The standard InChI is InChI=1S/C23H32O5S.K/c1-2-3-4-5-6-7-8-9-10-13-19-16-17-20(18-23(19)29(25,26)27)28-22-15-12-11-14-21(22)24;/h11-12,14-18,24H,2-10,13H2,1H3,(H,25,26,27);/q;+1/p-1. The second-order valence-electron chi connectivity index (χ2n) is 7.37. The molecular weight excluding hydrogens is 427 g/mol. The molecule has 0 aliphatic rings. The first kappa shape index (κ1) is 27.6. The maximum Gasteiger partial charge on any atom is 1.00 e. The molecule has 30 heavy (non-hydrogen) atoms. The molecule has 0 fully saturated rings. The Bertz CT molecular complexity index is 868. The van der Waals surface area contributed by atoms with Gasteiger partial charge in [0.05, 0.1) is 0 Å². The fourth-order valence-corrected chi connectivity index (χ4v) is 4.10. The Balaban J connectivity index is 0.00000450. The fraction of sp³-hybridized carbons (Fsp3) is 0.478. The minimum atomic E-state index is -4.38. The summed E-state index contributed by atoms with van der Waals surface area (Å²) in [4.78, 5) is -0.155. The number of unbranched alkanes of at least 4 members (excludes halogenated alkanes) is 8. The van der Waals surface area contributed by atoms with Crippen molar-refractivity contribution in [3.8, 4) is 17.2 Å². The number of para-hydroxylation sites is 2. The third-order valence-electron chi connectivity index (χ3n) is 4.94. The maximum atomic E-state index is 11.8. The van der Waals surface area contributed by atoms with Gasteiger partial charge in [-0.1, -0.05) is 88.3 Å². The maximum absolute atomic E-state index is 11.8. The van der Waals surface area contributed by atoms with Crippen LogP contribution in [-0.2, 0) is 16.5 Å². The molecule has 0 saturated heterocycles. The average Bonchev–Trinajstić information content (AvgIpc) is 2.68. The molecule has 0 aliphatic carbocycles. The van der Waals surface area contributed by atoms with Gasteiger partial charge in [0, 0.05) is 6.07 Å². The van der Waals surface area contributed by atoms with Gasteiger partial charge in [-0.3, -0.25) is 4.55 Å². The zero-order chi connectivity index (χ0) is 21.1. The molecule has 0 unspecified atom stereocenters. The Morgan fingerprint density at radius 2 is 1.50 bits per heavy atom. The third kappa shape index (κ3) is 9.81. The molecule has 7 heteroatoms. The first-order valence-corrected chi connectivity index (χ1v) is 11.9. The number of hydrogen-bond acceptors (Lipinski definition) is 4. The van der Waals surface area contributed by atoms with Gasteiger partial charge in [0.2, 0.25) is 0 Å². The van der Waals surface area contributed by atoms with Crippen molar-refractivity contribution in [1.82, 2.24) is 0 Å². The smallest absolute Gasteiger partial charge is 0.870 e.